The number of carbonyl (C=O) groups is 1. The summed E-state index contributed by atoms with van der Waals surface area (Å²) in [4.78, 5) is 11.1. The number of carboxylic acids is 1. The van der Waals surface area contributed by atoms with E-state index >= 15 is 0 Å². The molecule has 0 aromatic heterocycles. The third kappa shape index (κ3) is 3.62. The molecule has 2 atom stereocenters. The van der Waals surface area contributed by atoms with Gasteiger partial charge in [-0.2, -0.15) is 0 Å². The summed E-state index contributed by atoms with van der Waals surface area (Å²) in [6, 6.07) is 16.3. The van der Waals surface area contributed by atoms with Crippen LogP contribution in [-0.2, 0) is 13.0 Å². The van der Waals surface area contributed by atoms with Gasteiger partial charge in [0, 0.05) is 12.6 Å². The van der Waals surface area contributed by atoms with Crippen molar-refractivity contribution in [3.05, 3.63) is 70.8 Å². The predicted octanol–water partition coefficient (Wildman–Crippen LogP) is 3.98. The highest BCUT2D eigenvalue weighted by Gasteiger charge is 2.24. The van der Waals surface area contributed by atoms with Crippen LogP contribution in [0.3, 0.4) is 0 Å². The molecule has 2 N–H and O–H groups in total. The van der Waals surface area contributed by atoms with Crippen molar-refractivity contribution in [2.45, 2.75) is 44.7 Å². The zero-order valence-electron chi connectivity index (χ0n) is 13.5. The van der Waals surface area contributed by atoms with E-state index in [1.54, 1.807) is 18.2 Å². The molecule has 0 radical (unpaired) electrons. The number of rotatable bonds is 5. The Morgan fingerprint density at radius 1 is 1.26 bits per heavy atom. The number of benzene rings is 2. The molecule has 0 aliphatic heterocycles. The summed E-state index contributed by atoms with van der Waals surface area (Å²) in [5, 5.41) is 12.7. The van der Waals surface area contributed by atoms with Crippen molar-refractivity contribution in [1.29, 1.82) is 0 Å². The van der Waals surface area contributed by atoms with E-state index in [0.29, 0.717) is 24.1 Å². The van der Waals surface area contributed by atoms with E-state index in [1.807, 2.05) is 6.07 Å². The van der Waals surface area contributed by atoms with E-state index in [4.69, 9.17) is 5.11 Å². The molecule has 2 aromatic rings. The number of fused-ring (bicyclic) bond motifs is 1. The molecule has 1 unspecified atom stereocenters. The molecule has 0 heterocycles. The summed E-state index contributed by atoms with van der Waals surface area (Å²) in [6.45, 7) is 2.93. The van der Waals surface area contributed by atoms with Gasteiger partial charge in [0.05, 0.1) is 5.56 Å². The van der Waals surface area contributed by atoms with Crippen molar-refractivity contribution in [3.63, 3.8) is 0 Å². The summed E-state index contributed by atoms with van der Waals surface area (Å²) in [6.07, 6.45) is 3.63. The minimum absolute atomic E-state index is 0.347. The highest BCUT2D eigenvalue weighted by molar-refractivity contribution is 5.87. The van der Waals surface area contributed by atoms with Crippen LogP contribution in [0.15, 0.2) is 48.5 Å². The minimum atomic E-state index is -0.874. The number of hydrogen-bond acceptors (Lipinski definition) is 2. The molecular weight excluding hydrogens is 286 g/mol. The summed E-state index contributed by atoms with van der Waals surface area (Å²) in [5.74, 6) is -0.344. The van der Waals surface area contributed by atoms with Gasteiger partial charge in [-0.05, 0) is 60.9 Å². The Hall–Kier alpha value is -2.13. The SMILES string of the molecule is C[C@@H](NCc1cccc(C(=O)O)c1)C1CCCc2ccccc21. The fraction of sp³-hybridized carbons (Fsp3) is 0.350. The number of aromatic carboxylic acids is 1. The molecule has 1 aliphatic carbocycles. The van der Waals surface area contributed by atoms with Crippen LogP contribution in [0.2, 0.25) is 0 Å². The lowest BCUT2D eigenvalue weighted by molar-refractivity contribution is 0.0696. The molecule has 3 rings (SSSR count). The van der Waals surface area contributed by atoms with E-state index in [9.17, 15) is 4.79 Å². The third-order valence-corrected chi connectivity index (χ3v) is 4.82. The van der Waals surface area contributed by atoms with Crippen LogP contribution in [0.1, 0.15) is 52.7 Å². The fourth-order valence-electron chi connectivity index (χ4n) is 3.55. The van der Waals surface area contributed by atoms with Gasteiger partial charge in [-0.3, -0.25) is 0 Å². The van der Waals surface area contributed by atoms with Crippen LogP contribution in [0, 0.1) is 0 Å². The molecule has 0 saturated carbocycles. The molecule has 0 spiro atoms. The lowest BCUT2D eigenvalue weighted by Gasteiger charge is -2.31. The normalized spacial score (nSPS) is 18.2. The maximum atomic E-state index is 11.1. The first-order chi connectivity index (χ1) is 11.1. The van der Waals surface area contributed by atoms with Gasteiger partial charge in [0.2, 0.25) is 0 Å². The van der Waals surface area contributed by atoms with Gasteiger partial charge in [-0.25, -0.2) is 4.79 Å². The second-order valence-corrected chi connectivity index (χ2v) is 6.37. The molecule has 3 nitrogen and oxygen atoms in total. The largest absolute Gasteiger partial charge is 0.478 e. The Labute approximate surface area is 137 Å². The molecule has 23 heavy (non-hydrogen) atoms. The van der Waals surface area contributed by atoms with Crippen LogP contribution in [0.4, 0.5) is 0 Å². The Bertz CT molecular complexity index is 696. The zero-order chi connectivity index (χ0) is 16.2. The first kappa shape index (κ1) is 15.8. The maximum Gasteiger partial charge on any atom is 0.335 e. The smallest absolute Gasteiger partial charge is 0.335 e. The molecule has 1 aliphatic rings. The molecule has 120 valence electrons. The van der Waals surface area contributed by atoms with E-state index in [2.05, 4.69) is 36.5 Å². The highest BCUT2D eigenvalue weighted by atomic mass is 16.4. The molecule has 0 saturated heterocycles. The van der Waals surface area contributed by atoms with E-state index < -0.39 is 5.97 Å². The van der Waals surface area contributed by atoms with Gasteiger partial charge in [0.15, 0.2) is 0 Å². The van der Waals surface area contributed by atoms with Crippen molar-refractivity contribution in [3.8, 4) is 0 Å². The van der Waals surface area contributed by atoms with E-state index in [0.717, 1.165) is 5.56 Å². The van der Waals surface area contributed by atoms with Crippen LogP contribution in [0.25, 0.3) is 0 Å². The van der Waals surface area contributed by atoms with E-state index in [1.165, 1.54) is 30.4 Å². The Morgan fingerprint density at radius 2 is 2.09 bits per heavy atom. The number of carboxylic acid groups (broad SMARTS) is 1. The Morgan fingerprint density at radius 3 is 2.91 bits per heavy atom. The summed E-state index contributed by atoms with van der Waals surface area (Å²) >= 11 is 0. The summed E-state index contributed by atoms with van der Waals surface area (Å²) in [5.41, 5.74) is 4.31. The minimum Gasteiger partial charge on any atom is -0.478 e. The lowest BCUT2D eigenvalue weighted by atomic mass is 9.79. The van der Waals surface area contributed by atoms with Crippen molar-refractivity contribution in [2.24, 2.45) is 0 Å². The van der Waals surface area contributed by atoms with Gasteiger partial charge in [-0.1, -0.05) is 36.4 Å². The Kier molecular flexibility index (Phi) is 4.77. The van der Waals surface area contributed by atoms with Crippen molar-refractivity contribution >= 4 is 5.97 Å². The second kappa shape index (κ2) is 6.97. The second-order valence-electron chi connectivity index (χ2n) is 6.37. The molecule has 2 aromatic carbocycles. The summed E-state index contributed by atoms with van der Waals surface area (Å²) in [7, 11) is 0. The van der Waals surface area contributed by atoms with Crippen LogP contribution in [-0.4, -0.2) is 17.1 Å². The Balaban J connectivity index is 1.67. The quantitative estimate of drug-likeness (QED) is 0.878. The highest BCUT2D eigenvalue weighted by Crippen LogP contribution is 2.33. The topological polar surface area (TPSA) is 49.3 Å². The van der Waals surface area contributed by atoms with Gasteiger partial charge >= 0.3 is 5.97 Å². The average molecular weight is 309 g/mol. The van der Waals surface area contributed by atoms with Gasteiger partial charge in [0.25, 0.3) is 0 Å². The average Bonchev–Trinajstić information content (AvgIpc) is 2.59. The molecule has 0 fully saturated rings. The first-order valence-corrected chi connectivity index (χ1v) is 8.28. The lowest BCUT2D eigenvalue weighted by Crippen LogP contribution is -2.33. The van der Waals surface area contributed by atoms with Gasteiger partial charge in [-0.15, -0.1) is 0 Å². The van der Waals surface area contributed by atoms with Gasteiger partial charge in [0.1, 0.15) is 0 Å². The zero-order valence-corrected chi connectivity index (χ0v) is 13.5. The third-order valence-electron chi connectivity index (χ3n) is 4.82. The standard InChI is InChI=1S/C20H23NO2/c1-14(18-11-5-8-16-7-2-3-10-19(16)18)21-13-15-6-4-9-17(12-15)20(22)23/h2-4,6-7,9-10,12,14,18,21H,5,8,11,13H2,1H3,(H,22,23)/t14-,18?/m1/s1. The first-order valence-electron chi connectivity index (χ1n) is 8.28. The number of nitrogens with one attached hydrogen (secondary N) is 1. The van der Waals surface area contributed by atoms with Gasteiger partial charge < -0.3 is 10.4 Å². The van der Waals surface area contributed by atoms with E-state index in [-0.39, 0.29) is 0 Å². The fourth-order valence-corrected chi connectivity index (χ4v) is 3.55. The summed E-state index contributed by atoms with van der Waals surface area (Å²) < 4.78 is 0. The number of hydrogen-bond donors (Lipinski definition) is 2. The van der Waals surface area contributed by atoms with Crippen LogP contribution < -0.4 is 5.32 Å². The molecule has 3 heteroatoms. The van der Waals surface area contributed by atoms with Crippen molar-refractivity contribution in [1.82, 2.24) is 5.32 Å². The molecule has 0 amide bonds. The molecular formula is C20H23NO2. The predicted molar refractivity (Wildman–Crippen MR) is 91.8 cm³/mol. The monoisotopic (exact) mass is 309 g/mol. The maximum absolute atomic E-state index is 11.1. The number of aryl methyl sites for hydroxylation is 1. The molecule has 0 bridgehead atoms. The van der Waals surface area contributed by atoms with Crippen LogP contribution >= 0.6 is 0 Å². The van der Waals surface area contributed by atoms with Crippen molar-refractivity contribution < 1.29 is 9.90 Å². The van der Waals surface area contributed by atoms with Crippen LogP contribution in [0.5, 0.6) is 0 Å². The van der Waals surface area contributed by atoms with Crippen molar-refractivity contribution in [2.75, 3.05) is 0 Å².